The van der Waals surface area contributed by atoms with Crippen LogP contribution in [0.2, 0.25) is 5.02 Å². The molecule has 0 aliphatic heterocycles. The summed E-state index contributed by atoms with van der Waals surface area (Å²) in [6, 6.07) is 10.4. The lowest BCUT2D eigenvalue weighted by molar-refractivity contribution is 0.00699. The van der Waals surface area contributed by atoms with Gasteiger partial charge in [0.15, 0.2) is 11.6 Å². The molecule has 2 aromatic carbocycles. The third kappa shape index (κ3) is 4.49. The average Bonchev–Trinajstić information content (AvgIpc) is 2.59. The van der Waals surface area contributed by atoms with Crippen molar-refractivity contribution in [3.63, 3.8) is 0 Å². The van der Waals surface area contributed by atoms with Gasteiger partial charge in [0.25, 0.3) is 0 Å². The molecule has 0 fully saturated rings. The summed E-state index contributed by atoms with van der Waals surface area (Å²) in [6.45, 7) is 1.68. The van der Waals surface area contributed by atoms with E-state index in [2.05, 4.69) is 4.72 Å². The number of hydrogen-bond acceptors (Lipinski definition) is 4. The SMILES string of the molecule is COc1ccc(S(=O)(=O)NCC(C)(OC)c2cccc(Cl)c2)cc1F. The maximum Gasteiger partial charge on any atom is 0.240 e. The molecule has 0 spiro atoms. The number of halogens is 2. The van der Waals surface area contributed by atoms with Gasteiger partial charge in [-0.15, -0.1) is 0 Å². The minimum Gasteiger partial charge on any atom is -0.494 e. The van der Waals surface area contributed by atoms with Crippen molar-refractivity contribution in [3.05, 3.63) is 58.9 Å². The lowest BCUT2D eigenvalue weighted by atomic mass is 9.96. The Morgan fingerprint density at radius 1 is 1.20 bits per heavy atom. The van der Waals surface area contributed by atoms with Crippen molar-refractivity contribution in [2.24, 2.45) is 0 Å². The van der Waals surface area contributed by atoms with Gasteiger partial charge in [-0.25, -0.2) is 17.5 Å². The molecule has 0 saturated carbocycles. The van der Waals surface area contributed by atoms with Crippen LogP contribution in [-0.2, 0) is 20.4 Å². The Hall–Kier alpha value is -1.67. The molecule has 0 aromatic heterocycles. The Morgan fingerprint density at radius 3 is 2.48 bits per heavy atom. The molecule has 8 heteroatoms. The van der Waals surface area contributed by atoms with Crippen LogP contribution in [0.3, 0.4) is 0 Å². The molecular weight excluding hydrogens is 369 g/mol. The standard InChI is InChI=1S/C17H19ClFNO4S/c1-17(24-3,12-5-4-6-13(18)9-12)11-20-25(21,22)14-7-8-16(23-2)15(19)10-14/h4-10,20H,11H2,1-3H3. The summed E-state index contributed by atoms with van der Waals surface area (Å²) in [6.07, 6.45) is 0. The fourth-order valence-corrected chi connectivity index (χ4v) is 3.57. The van der Waals surface area contributed by atoms with Crippen LogP contribution in [0.15, 0.2) is 47.4 Å². The molecule has 0 aliphatic carbocycles. The van der Waals surface area contributed by atoms with Gasteiger partial charge in [-0.1, -0.05) is 23.7 Å². The summed E-state index contributed by atoms with van der Waals surface area (Å²) in [4.78, 5) is -0.199. The number of benzene rings is 2. The van der Waals surface area contributed by atoms with Gasteiger partial charge in [0.2, 0.25) is 10.0 Å². The second kappa shape index (κ2) is 7.70. The van der Waals surface area contributed by atoms with Crippen molar-refractivity contribution in [3.8, 4) is 5.75 Å². The molecule has 1 unspecified atom stereocenters. The molecule has 2 aromatic rings. The Labute approximate surface area is 151 Å². The van der Waals surface area contributed by atoms with Gasteiger partial charge < -0.3 is 9.47 Å². The Balaban J connectivity index is 2.24. The molecule has 5 nitrogen and oxygen atoms in total. The molecule has 0 heterocycles. The van der Waals surface area contributed by atoms with Crippen LogP contribution in [-0.4, -0.2) is 29.2 Å². The number of rotatable bonds is 7. The van der Waals surface area contributed by atoms with E-state index in [4.69, 9.17) is 21.1 Å². The van der Waals surface area contributed by atoms with Gasteiger partial charge >= 0.3 is 0 Å². The predicted molar refractivity (Wildman–Crippen MR) is 94.0 cm³/mol. The van der Waals surface area contributed by atoms with Crippen LogP contribution in [0, 0.1) is 5.82 Å². The lowest BCUT2D eigenvalue weighted by Crippen LogP contribution is -2.40. The quantitative estimate of drug-likeness (QED) is 0.791. The Kier molecular flexibility index (Phi) is 6.05. The minimum atomic E-state index is -3.93. The van der Waals surface area contributed by atoms with Crippen LogP contribution in [0.1, 0.15) is 12.5 Å². The van der Waals surface area contributed by atoms with Crippen molar-refractivity contribution in [1.82, 2.24) is 4.72 Å². The first-order valence-corrected chi connectivity index (χ1v) is 9.22. The summed E-state index contributed by atoms with van der Waals surface area (Å²) >= 11 is 5.99. The third-order valence-corrected chi connectivity index (χ3v) is 5.55. The van der Waals surface area contributed by atoms with Crippen molar-refractivity contribution in [2.75, 3.05) is 20.8 Å². The van der Waals surface area contributed by atoms with Crippen LogP contribution >= 0.6 is 11.6 Å². The Bertz CT molecular complexity index is 859. The highest BCUT2D eigenvalue weighted by molar-refractivity contribution is 7.89. The van der Waals surface area contributed by atoms with Crippen molar-refractivity contribution >= 4 is 21.6 Å². The smallest absolute Gasteiger partial charge is 0.240 e. The van der Waals surface area contributed by atoms with Crippen LogP contribution in [0.4, 0.5) is 4.39 Å². The molecule has 0 aliphatic rings. The molecular formula is C17H19ClFNO4S. The highest BCUT2D eigenvalue weighted by atomic mass is 35.5. The molecule has 25 heavy (non-hydrogen) atoms. The summed E-state index contributed by atoms with van der Waals surface area (Å²) < 4.78 is 51.4. The van der Waals surface area contributed by atoms with E-state index in [0.717, 1.165) is 6.07 Å². The van der Waals surface area contributed by atoms with Crippen molar-refractivity contribution in [2.45, 2.75) is 17.4 Å². The van der Waals surface area contributed by atoms with Gasteiger partial charge in [0, 0.05) is 18.7 Å². The van der Waals surface area contributed by atoms with Gasteiger partial charge in [0.05, 0.1) is 12.0 Å². The highest BCUT2D eigenvalue weighted by Crippen LogP contribution is 2.27. The highest BCUT2D eigenvalue weighted by Gasteiger charge is 2.29. The molecule has 0 bridgehead atoms. The summed E-state index contributed by atoms with van der Waals surface area (Å²) in [5, 5.41) is 0.515. The average molecular weight is 388 g/mol. The third-order valence-electron chi connectivity index (χ3n) is 3.92. The van der Waals surface area contributed by atoms with E-state index in [-0.39, 0.29) is 17.2 Å². The fraction of sp³-hybridized carbons (Fsp3) is 0.294. The first-order chi connectivity index (χ1) is 11.7. The van der Waals surface area contributed by atoms with Crippen molar-refractivity contribution in [1.29, 1.82) is 0 Å². The van der Waals surface area contributed by atoms with E-state index in [9.17, 15) is 12.8 Å². The van der Waals surface area contributed by atoms with Gasteiger partial charge in [-0.05, 0) is 42.8 Å². The first kappa shape index (κ1) is 19.7. The lowest BCUT2D eigenvalue weighted by Gasteiger charge is -2.29. The van der Waals surface area contributed by atoms with E-state index in [1.807, 2.05) is 0 Å². The Morgan fingerprint density at radius 2 is 1.92 bits per heavy atom. The maximum atomic E-state index is 13.8. The molecule has 0 radical (unpaired) electrons. The van der Waals surface area contributed by atoms with Gasteiger partial charge in [0.1, 0.15) is 5.60 Å². The number of ether oxygens (including phenoxy) is 2. The molecule has 2 rings (SSSR count). The molecule has 1 atom stereocenters. The number of nitrogens with one attached hydrogen (secondary N) is 1. The van der Waals surface area contributed by atoms with E-state index >= 15 is 0 Å². The number of methoxy groups -OCH3 is 2. The fourth-order valence-electron chi connectivity index (χ4n) is 2.24. The zero-order chi connectivity index (χ0) is 18.7. The minimum absolute atomic E-state index is 0.0281. The molecule has 0 saturated heterocycles. The van der Waals surface area contributed by atoms with Gasteiger partial charge in [-0.2, -0.15) is 0 Å². The van der Waals surface area contributed by atoms with Crippen LogP contribution < -0.4 is 9.46 Å². The van der Waals surface area contributed by atoms with Gasteiger partial charge in [-0.3, -0.25) is 0 Å². The van der Waals surface area contributed by atoms with E-state index in [1.54, 1.807) is 31.2 Å². The summed E-state index contributed by atoms with van der Waals surface area (Å²) in [5.74, 6) is -0.783. The second-order valence-corrected chi connectivity index (χ2v) is 7.77. The summed E-state index contributed by atoms with van der Waals surface area (Å²) in [5.41, 5.74) is -0.227. The zero-order valence-electron chi connectivity index (χ0n) is 14.0. The van der Waals surface area contributed by atoms with Crippen molar-refractivity contribution < 1.29 is 22.3 Å². The number of sulfonamides is 1. The van der Waals surface area contributed by atoms with Crippen LogP contribution in [0.25, 0.3) is 0 Å². The predicted octanol–water partition coefficient (Wildman–Crippen LogP) is 3.33. The normalized spacial score (nSPS) is 14.1. The first-order valence-electron chi connectivity index (χ1n) is 7.36. The van der Waals surface area contributed by atoms with E-state index in [0.29, 0.717) is 10.6 Å². The molecule has 1 N–H and O–H groups in total. The number of hydrogen-bond donors (Lipinski definition) is 1. The second-order valence-electron chi connectivity index (χ2n) is 5.57. The molecule has 136 valence electrons. The largest absolute Gasteiger partial charge is 0.494 e. The zero-order valence-corrected chi connectivity index (χ0v) is 15.6. The monoisotopic (exact) mass is 387 g/mol. The molecule has 0 amide bonds. The van der Waals surface area contributed by atoms with Crippen LogP contribution in [0.5, 0.6) is 5.75 Å². The topological polar surface area (TPSA) is 64.6 Å². The summed E-state index contributed by atoms with van der Waals surface area (Å²) in [7, 11) is -1.15. The van der Waals surface area contributed by atoms with E-state index < -0.39 is 21.4 Å². The maximum absolute atomic E-state index is 13.8. The van der Waals surface area contributed by atoms with E-state index in [1.165, 1.54) is 26.4 Å².